The van der Waals surface area contributed by atoms with Gasteiger partial charge in [0, 0.05) is 10.4 Å². The number of hydrogen-bond donors (Lipinski definition) is 1. The van der Waals surface area contributed by atoms with E-state index in [1.807, 2.05) is 84.3 Å². The Morgan fingerprint density at radius 1 is 0.920 bits per heavy atom. The zero-order valence-corrected chi connectivity index (χ0v) is 14.1. The summed E-state index contributed by atoms with van der Waals surface area (Å²) in [4.78, 5) is 18.5. The van der Waals surface area contributed by atoms with Crippen LogP contribution < -0.4 is 5.43 Å². The van der Waals surface area contributed by atoms with Crippen LogP contribution >= 0.6 is 11.3 Å². The maximum atomic E-state index is 12.9. The molecule has 1 N–H and O–H groups in total. The van der Waals surface area contributed by atoms with Gasteiger partial charge in [0.15, 0.2) is 5.84 Å². The Hall–Kier alpha value is -3.18. The summed E-state index contributed by atoms with van der Waals surface area (Å²) in [5.74, 6) is 0.424. The largest absolute Gasteiger partial charge is 0.297 e. The Morgan fingerprint density at radius 2 is 1.64 bits per heavy atom. The molecule has 2 aromatic carbocycles. The minimum Gasteiger partial charge on any atom is -0.290 e. The molecule has 0 radical (unpaired) electrons. The van der Waals surface area contributed by atoms with Crippen LogP contribution in [-0.4, -0.2) is 16.8 Å². The number of nitrogens with zero attached hydrogens (tertiary/aromatic N) is 2. The molecule has 4 rings (SSSR count). The molecule has 4 nitrogen and oxygen atoms in total. The summed E-state index contributed by atoms with van der Waals surface area (Å²) in [7, 11) is 0. The molecule has 0 saturated carbocycles. The Morgan fingerprint density at radius 3 is 2.32 bits per heavy atom. The molecule has 0 unspecified atom stereocenters. The molecule has 1 aliphatic rings. The molecular weight excluding hydrogens is 330 g/mol. The number of hydrogen-bond acceptors (Lipinski definition) is 4. The highest BCUT2D eigenvalue weighted by molar-refractivity contribution is 7.10. The second-order valence-corrected chi connectivity index (χ2v) is 6.44. The number of hydrazine groups is 1. The van der Waals surface area contributed by atoms with Crippen molar-refractivity contribution in [2.75, 3.05) is 5.43 Å². The predicted molar refractivity (Wildman–Crippen MR) is 102 cm³/mol. The molecule has 1 aliphatic heterocycles. The summed E-state index contributed by atoms with van der Waals surface area (Å²) < 4.78 is 0. The van der Waals surface area contributed by atoms with Gasteiger partial charge >= 0.3 is 0 Å². The number of carbonyl (C=O) groups is 1. The number of aliphatic imine (C=N–C) groups is 1. The zero-order chi connectivity index (χ0) is 17.1. The number of nitrogens with one attached hydrogen (secondary N) is 1. The van der Waals surface area contributed by atoms with E-state index in [0.717, 1.165) is 16.1 Å². The molecule has 5 heteroatoms. The Kier molecular flexibility index (Phi) is 4.14. The number of carbonyl (C=O) groups excluding carboxylic acids is 1. The molecule has 3 aromatic rings. The van der Waals surface area contributed by atoms with Crippen LogP contribution in [0.15, 0.2) is 88.9 Å². The smallest absolute Gasteiger partial charge is 0.290 e. The lowest BCUT2D eigenvalue weighted by molar-refractivity contribution is -0.121. The number of amidine groups is 1. The minimum absolute atomic E-state index is 0.170. The van der Waals surface area contributed by atoms with Crippen LogP contribution in [-0.2, 0) is 4.79 Å². The minimum atomic E-state index is -0.170. The molecule has 122 valence electrons. The third-order valence-corrected chi connectivity index (χ3v) is 4.55. The number of anilines is 1. The number of benzene rings is 2. The van der Waals surface area contributed by atoms with Crippen molar-refractivity contribution in [1.82, 2.24) is 5.01 Å². The first kappa shape index (κ1) is 15.4. The lowest BCUT2D eigenvalue weighted by Gasteiger charge is -2.20. The molecule has 25 heavy (non-hydrogen) atoms. The van der Waals surface area contributed by atoms with Gasteiger partial charge in [-0.2, -0.15) is 5.01 Å². The lowest BCUT2D eigenvalue weighted by Crippen LogP contribution is -2.37. The third-order valence-electron chi connectivity index (χ3n) is 3.73. The van der Waals surface area contributed by atoms with E-state index in [-0.39, 0.29) is 5.91 Å². The second-order valence-electron chi connectivity index (χ2n) is 5.46. The van der Waals surface area contributed by atoms with E-state index >= 15 is 0 Å². The number of rotatable bonds is 4. The maximum absolute atomic E-state index is 12.9. The van der Waals surface area contributed by atoms with Crippen molar-refractivity contribution in [2.45, 2.75) is 0 Å². The first-order valence-corrected chi connectivity index (χ1v) is 8.75. The molecule has 1 amide bonds. The van der Waals surface area contributed by atoms with Crippen LogP contribution in [0.3, 0.4) is 0 Å². The van der Waals surface area contributed by atoms with Crippen LogP contribution in [0.5, 0.6) is 0 Å². The lowest BCUT2D eigenvalue weighted by atomic mass is 10.2. The van der Waals surface area contributed by atoms with Crippen molar-refractivity contribution in [3.8, 4) is 0 Å². The fourth-order valence-corrected chi connectivity index (χ4v) is 3.20. The SMILES string of the molecule is O=C1/C(=C/c2cccs2)N=C(c2ccccc2)N1Nc1ccccc1. The topological polar surface area (TPSA) is 44.7 Å². The van der Waals surface area contributed by atoms with Gasteiger partial charge in [-0.1, -0.05) is 54.6 Å². The highest BCUT2D eigenvalue weighted by Crippen LogP contribution is 2.24. The van der Waals surface area contributed by atoms with E-state index in [0.29, 0.717) is 11.5 Å². The van der Waals surface area contributed by atoms with Crippen LogP contribution in [0, 0.1) is 0 Å². The summed E-state index contributed by atoms with van der Waals surface area (Å²) in [6.45, 7) is 0. The first-order valence-electron chi connectivity index (χ1n) is 7.87. The summed E-state index contributed by atoms with van der Waals surface area (Å²) in [5, 5.41) is 3.48. The third kappa shape index (κ3) is 3.22. The van der Waals surface area contributed by atoms with Gasteiger partial charge in [0.2, 0.25) is 0 Å². The van der Waals surface area contributed by atoms with Gasteiger partial charge in [-0.05, 0) is 29.7 Å². The molecule has 0 saturated heterocycles. The van der Waals surface area contributed by atoms with Gasteiger partial charge in [-0.3, -0.25) is 10.2 Å². The van der Waals surface area contributed by atoms with Crippen molar-refractivity contribution < 1.29 is 4.79 Å². The molecule has 0 spiro atoms. The van der Waals surface area contributed by atoms with Crippen molar-refractivity contribution in [2.24, 2.45) is 4.99 Å². The molecule has 1 aromatic heterocycles. The summed E-state index contributed by atoms with van der Waals surface area (Å²) in [6, 6.07) is 23.2. The van der Waals surface area contributed by atoms with Crippen molar-refractivity contribution >= 4 is 34.8 Å². The maximum Gasteiger partial charge on any atom is 0.297 e. The molecule has 0 aliphatic carbocycles. The number of amides is 1. The molecule has 0 bridgehead atoms. The standard InChI is InChI=1S/C20H15N3OS/c24-20-18(14-17-12-7-13-25-17)21-19(15-8-3-1-4-9-15)23(20)22-16-10-5-2-6-11-16/h1-14,22H/b18-14-. The highest BCUT2D eigenvalue weighted by atomic mass is 32.1. The van der Waals surface area contributed by atoms with E-state index in [2.05, 4.69) is 10.4 Å². The van der Waals surface area contributed by atoms with E-state index in [9.17, 15) is 4.79 Å². The summed E-state index contributed by atoms with van der Waals surface area (Å²) in [6.07, 6.45) is 1.82. The van der Waals surface area contributed by atoms with Crippen LogP contribution in [0.25, 0.3) is 6.08 Å². The van der Waals surface area contributed by atoms with Crippen LogP contribution in [0.4, 0.5) is 5.69 Å². The van der Waals surface area contributed by atoms with Crippen LogP contribution in [0.1, 0.15) is 10.4 Å². The Balaban J connectivity index is 1.73. The molecular formula is C20H15N3OS. The number of para-hydroxylation sites is 1. The van der Waals surface area contributed by atoms with Gasteiger partial charge < -0.3 is 0 Å². The van der Waals surface area contributed by atoms with E-state index in [1.165, 1.54) is 5.01 Å². The fraction of sp³-hybridized carbons (Fsp3) is 0. The highest BCUT2D eigenvalue weighted by Gasteiger charge is 2.31. The number of thiophene rings is 1. The summed E-state index contributed by atoms with van der Waals surface area (Å²) >= 11 is 1.58. The quantitative estimate of drug-likeness (QED) is 0.712. The van der Waals surface area contributed by atoms with E-state index in [4.69, 9.17) is 0 Å². The fourth-order valence-electron chi connectivity index (χ4n) is 2.55. The zero-order valence-electron chi connectivity index (χ0n) is 13.3. The van der Waals surface area contributed by atoms with Crippen LogP contribution in [0.2, 0.25) is 0 Å². The van der Waals surface area contributed by atoms with E-state index < -0.39 is 0 Å². The predicted octanol–water partition coefficient (Wildman–Crippen LogP) is 4.41. The van der Waals surface area contributed by atoms with Gasteiger partial charge in [0.05, 0.1) is 5.69 Å². The summed E-state index contributed by atoms with van der Waals surface area (Å²) in [5.41, 5.74) is 5.30. The average Bonchev–Trinajstić information content (AvgIpc) is 3.27. The Bertz CT molecular complexity index is 932. The molecule has 0 fully saturated rings. The average molecular weight is 345 g/mol. The van der Waals surface area contributed by atoms with Crippen molar-refractivity contribution in [3.63, 3.8) is 0 Å². The molecule has 0 atom stereocenters. The molecule has 2 heterocycles. The van der Waals surface area contributed by atoms with Gasteiger partial charge in [0.25, 0.3) is 5.91 Å². The Labute approximate surface area is 149 Å². The van der Waals surface area contributed by atoms with Gasteiger partial charge in [-0.25, -0.2) is 4.99 Å². The van der Waals surface area contributed by atoms with Crippen molar-refractivity contribution in [3.05, 3.63) is 94.3 Å². The second kappa shape index (κ2) is 6.75. The first-order chi connectivity index (χ1) is 12.3. The van der Waals surface area contributed by atoms with E-state index in [1.54, 1.807) is 11.3 Å². The monoisotopic (exact) mass is 345 g/mol. The van der Waals surface area contributed by atoms with Gasteiger partial charge in [0.1, 0.15) is 5.70 Å². The normalized spacial score (nSPS) is 15.5. The van der Waals surface area contributed by atoms with Crippen molar-refractivity contribution in [1.29, 1.82) is 0 Å². The van der Waals surface area contributed by atoms with Gasteiger partial charge in [-0.15, -0.1) is 11.3 Å².